The van der Waals surface area contributed by atoms with Crippen LogP contribution in [0.2, 0.25) is 0 Å². The van der Waals surface area contributed by atoms with E-state index < -0.39 is 5.41 Å². The predicted molar refractivity (Wildman–Crippen MR) is 51.8 cm³/mol. The number of rotatable bonds is 0. The minimum atomic E-state index is -0.573. The maximum absolute atomic E-state index is 11.6. The molecule has 0 radical (unpaired) electrons. The average Bonchev–Trinajstić information content (AvgIpc) is 2.76. The van der Waals surface area contributed by atoms with E-state index in [1.165, 1.54) is 6.26 Å². The summed E-state index contributed by atoms with van der Waals surface area (Å²) >= 11 is 0. The zero-order valence-electron chi connectivity index (χ0n) is 7.49. The van der Waals surface area contributed by atoms with Gasteiger partial charge in [0, 0.05) is 12.2 Å². The molecule has 2 heterocycles. The lowest BCUT2D eigenvalue weighted by molar-refractivity contribution is -0.139. The molecule has 0 saturated carbocycles. The zero-order chi connectivity index (χ0) is 9.60. The van der Waals surface area contributed by atoms with Crippen molar-refractivity contribution < 1.29 is 9.53 Å². The van der Waals surface area contributed by atoms with E-state index in [9.17, 15) is 4.79 Å². The van der Waals surface area contributed by atoms with Gasteiger partial charge in [-0.25, -0.2) is 0 Å². The van der Waals surface area contributed by atoms with Crippen LogP contribution in [0.25, 0.3) is 0 Å². The van der Waals surface area contributed by atoms with Crippen molar-refractivity contribution in [2.45, 2.75) is 5.41 Å². The minimum Gasteiger partial charge on any atom is -0.434 e. The first-order valence-corrected chi connectivity index (χ1v) is 4.55. The van der Waals surface area contributed by atoms with Crippen LogP contribution < -0.4 is 5.32 Å². The standard InChI is InChI=1S/C11H9NO2/c13-10-11(5-6-14-10)7-12-9-4-2-1-3-8(9)11/h1-6,12H,7H2. The summed E-state index contributed by atoms with van der Waals surface area (Å²) in [5, 5.41) is 3.21. The van der Waals surface area contributed by atoms with Crippen LogP contribution in [0.3, 0.4) is 0 Å². The Hall–Kier alpha value is -1.77. The summed E-state index contributed by atoms with van der Waals surface area (Å²) in [4.78, 5) is 11.6. The largest absolute Gasteiger partial charge is 0.434 e. The third-order valence-electron chi connectivity index (χ3n) is 2.86. The van der Waals surface area contributed by atoms with E-state index in [2.05, 4.69) is 5.32 Å². The van der Waals surface area contributed by atoms with Gasteiger partial charge in [-0.15, -0.1) is 0 Å². The van der Waals surface area contributed by atoms with E-state index in [1.807, 2.05) is 30.3 Å². The van der Waals surface area contributed by atoms with E-state index >= 15 is 0 Å². The fraction of sp³-hybridized carbons (Fsp3) is 0.182. The van der Waals surface area contributed by atoms with Gasteiger partial charge in [-0.05, 0) is 17.7 Å². The predicted octanol–water partition coefficient (Wildman–Crippen LogP) is 1.42. The molecular formula is C11H9NO2. The molecular weight excluding hydrogens is 178 g/mol. The Morgan fingerprint density at radius 2 is 2.21 bits per heavy atom. The Balaban J connectivity index is 2.22. The van der Waals surface area contributed by atoms with Gasteiger partial charge in [-0.1, -0.05) is 18.2 Å². The number of ether oxygens (including phenoxy) is 1. The van der Waals surface area contributed by atoms with Gasteiger partial charge >= 0.3 is 5.97 Å². The molecule has 3 heteroatoms. The van der Waals surface area contributed by atoms with Crippen LogP contribution in [0.15, 0.2) is 36.6 Å². The van der Waals surface area contributed by atoms with Crippen LogP contribution in [0.1, 0.15) is 5.56 Å². The van der Waals surface area contributed by atoms with Crippen molar-refractivity contribution in [1.82, 2.24) is 0 Å². The molecule has 0 aromatic heterocycles. The number of para-hydroxylation sites is 1. The van der Waals surface area contributed by atoms with Crippen LogP contribution in [-0.2, 0) is 14.9 Å². The Kier molecular flexibility index (Phi) is 1.29. The number of hydrogen-bond donors (Lipinski definition) is 1. The van der Waals surface area contributed by atoms with Crippen molar-refractivity contribution in [2.24, 2.45) is 0 Å². The van der Waals surface area contributed by atoms with Crippen LogP contribution in [-0.4, -0.2) is 12.5 Å². The molecule has 70 valence electrons. The van der Waals surface area contributed by atoms with Gasteiger partial charge in [-0.3, -0.25) is 4.79 Å². The molecule has 1 atom stereocenters. The summed E-state index contributed by atoms with van der Waals surface area (Å²) in [5.41, 5.74) is 1.46. The molecule has 0 fully saturated rings. The maximum Gasteiger partial charge on any atom is 0.327 e. The molecule has 0 bridgehead atoms. The van der Waals surface area contributed by atoms with E-state index in [-0.39, 0.29) is 5.97 Å². The minimum absolute atomic E-state index is 0.185. The lowest BCUT2D eigenvalue weighted by Crippen LogP contribution is -2.33. The van der Waals surface area contributed by atoms with E-state index in [1.54, 1.807) is 0 Å². The molecule has 1 aromatic rings. The topological polar surface area (TPSA) is 38.3 Å². The van der Waals surface area contributed by atoms with Gasteiger partial charge in [0.2, 0.25) is 0 Å². The number of esters is 1. The summed E-state index contributed by atoms with van der Waals surface area (Å²) in [5.74, 6) is -0.185. The number of anilines is 1. The number of cyclic esters (lactones) is 1. The molecule has 0 saturated heterocycles. The summed E-state index contributed by atoms with van der Waals surface area (Å²) < 4.78 is 4.89. The van der Waals surface area contributed by atoms with Crippen LogP contribution in [0.5, 0.6) is 0 Å². The fourth-order valence-corrected chi connectivity index (χ4v) is 2.07. The zero-order valence-corrected chi connectivity index (χ0v) is 7.49. The van der Waals surface area contributed by atoms with E-state index in [0.29, 0.717) is 6.54 Å². The number of carbonyl (C=O) groups excluding carboxylic acids is 1. The number of nitrogens with one attached hydrogen (secondary N) is 1. The highest BCUT2D eigenvalue weighted by Gasteiger charge is 2.47. The first-order chi connectivity index (χ1) is 6.83. The Labute approximate surface area is 81.4 Å². The highest BCUT2D eigenvalue weighted by Crippen LogP contribution is 2.40. The number of carbonyl (C=O) groups is 1. The molecule has 1 spiro atoms. The second-order valence-electron chi connectivity index (χ2n) is 3.58. The lowest BCUT2D eigenvalue weighted by Gasteiger charge is -2.15. The maximum atomic E-state index is 11.6. The highest BCUT2D eigenvalue weighted by atomic mass is 16.5. The first kappa shape index (κ1) is 7.62. The Morgan fingerprint density at radius 3 is 3.00 bits per heavy atom. The second-order valence-corrected chi connectivity index (χ2v) is 3.58. The number of hydrogen-bond acceptors (Lipinski definition) is 3. The van der Waals surface area contributed by atoms with Gasteiger partial charge in [0.15, 0.2) is 0 Å². The van der Waals surface area contributed by atoms with Crippen molar-refractivity contribution in [3.05, 3.63) is 42.2 Å². The van der Waals surface area contributed by atoms with Crippen LogP contribution >= 0.6 is 0 Å². The normalized spacial score (nSPS) is 27.6. The van der Waals surface area contributed by atoms with Gasteiger partial charge in [0.05, 0.1) is 6.26 Å². The molecule has 0 amide bonds. The van der Waals surface area contributed by atoms with Crippen molar-refractivity contribution in [3.8, 4) is 0 Å². The first-order valence-electron chi connectivity index (χ1n) is 4.55. The van der Waals surface area contributed by atoms with Crippen molar-refractivity contribution in [1.29, 1.82) is 0 Å². The smallest absolute Gasteiger partial charge is 0.327 e. The number of fused-ring (bicyclic) bond motifs is 2. The molecule has 1 unspecified atom stereocenters. The van der Waals surface area contributed by atoms with Crippen molar-refractivity contribution in [3.63, 3.8) is 0 Å². The second kappa shape index (κ2) is 2.38. The SMILES string of the molecule is O=C1OC=CC12CNc1ccccc12. The quantitative estimate of drug-likeness (QED) is 0.624. The molecule has 1 aromatic carbocycles. The van der Waals surface area contributed by atoms with E-state index in [0.717, 1.165) is 11.3 Å². The Bertz CT molecular complexity index is 439. The fourth-order valence-electron chi connectivity index (χ4n) is 2.07. The van der Waals surface area contributed by atoms with Crippen LogP contribution in [0.4, 0.5) is 5.69 Å². The third kappa shape index (κ3) is 0.744. The lowest BCUT2D eigenvalue weighted by atomic mass is 9.83. The average molecular weight is 187 g/mol. The number of benzene rings is 1. The third-order valence-corrected chi connectivity index (χ3v) is 2.86. The monoisotopic (exact) mass is 187 g/mol. The summed E-state index contributed by atoms with van der Waals surface area (Å²) in [6, 6.07) is 7.83. The summed E-state index contributed by atoms with van der Waals surface area (Å²) in [7, 11) is 0. The molecule has 3 nitrogen and oxygen atoms in total. The van der Waals surface area contributed by atoms with Crippen molar-refractivity contribution >= 4 is 11.7 Å². The molecule has 0 aliphatic carbocycles. The molecule has 2 aliphatic rings. The molecule has 14 heavy (non-hydrogen) atoms. The van der Waals surface area contributed by atoms with E-state index in [4.69, 9.17) is 4.74 Å². The van der Waals surface area contributed by atoms with Gasteiger partial charge in [0.1, 0.15) is 5.41 Å². The van der Waals surface area contributed by atoms with Gasteiger partial charge < -0.3 is 10.1 Å². The van der Waals surface area contributed by atoms with Crippen LogP contribution in [0, 0.1) is 0 Å². The molecule has 2 aliphatic heterocycles. The summed E-state index contributed by atoms with van der Waals surface area (Å²) in [6.45, 7) is 0.599. The molecule has 1 N–H and O–H groups in total. The van der Waals surface area contributed by atoms with Crippen molar-refractivity contribution in [2.75, 3.05) is 11.9 Å². The Morgan fingerprint density at radius 1 is 1.36 bits per heavy atom. The summed E-state index contributed by atoms with van der Waals surface area (Å²) in [6.07, 6.45) is 3.31. The van der Waals surface area contributed by atoms with Gasteiger partial charge in [0.25, 0.3) is 0 Å². The highest BCUT2D eigenvalue weighted by molar-refractivity contribution is 5.93. The van der Waals surface area contributed by atoms with Gasteiger partial charge in [-0.2, -0.15) is 0 Å². The molecule has 3 rings (SSSR count).